The van der Waals surface area contributed by atoms with Crippen molar-refractivity contribution in [3.63, 3.8) is 0 Å². The van der Waals surface area contributed by atoms with Gasteiger partial charge in [0.05, 0.1) is 5.56 Å². The van der Waals surface area contributed by atoms with Gasteiger partial charge in [-0.25, -0.2) is 0 Å². The lowest BCUT2D eigenvalue weighted by atomic mass is 10.1. The standard InChI is InChI=1S/C17H13NO4/c1-2-16(19)21-12-3-4-13-14(10-12)22-15(17(13)20)9-11-5-7-18-8-6-11/h3-10H,2H2,1H3/b15-9-. The number of benzene rings is 1. The third-order valence-electron chi connectivity index (χ3n) is 3.17. The fourth-order valence-electron chi connectivity index (χ4n) is 2.05. The van der Waals surface area contributed by atoms with E-state index >= 15 is 0 Å². The molecule has 1 aromatic heterocycles. The second-order valence-electron chi connectivity index (χ2n) is 4.71. The van der Waals surface area contributed by atoms with Crippen molar-refractivity contribution in [3.8, 4) is 11.5 Å². The van der Waals surface area contributed by atoms with Crippen LogP contribution in [-0.2, 0) is 4.79 Å². The molecule has 1 aromatic carbocycles. The van der Waals surface area contributed by atoms with Gasteiger partial charge in [0.15, 0.2) is 5.76 Å². The number of nitrogens with zero attached hydrogens (tertiary/aromatic N) is 1. The molecule has 0 bridgehead atoms. The maximum Gasteiger partial charge on any atom is 0.310 e. The summed E-state index contributed by atoms with van der Waals surface area (Å²) in [6, 6.07) is 8.29. The largest absolute Gasteiger partial charge is 0.452 e. The second kappa shape index (κ2) is 5.81. The molecule has 0 radical (unpaired) electrons. The minimum Gasteiger partial charge on any atom is -0.452 e. The normalized spacial score (nSPS) is 14.6. The molecule has 0 saturated carbocycles. The summed E-state index contributed by atoms with van der Waals surface area (Å²) >= 11 is 0. The SMILES string of the molecule is CCC(=O)Oc1ccc2c(c1)O/C(=C\c1ccncc1)C2=O. The zero-order chi connectivity index (χ0) is 15.5. The summed E-state index contributed by atoms with van der Waals surface area (Å²) in [6.07, 6.45) is 5.22. The molecule has 0 saturated heterocycles. The zero-order valence-electron chi connectivity index (χ0n) is 11.9. The van der Waals surface area contributed by atoms with Crippen LogP contribution < -0.4 is 9.47 Å². The van der Waals surface area contributed by atoms with Gasteiger partial charge in [0, 0.05) is 24.9 Å². The van der Waals surface area contributed by atoms with E-state index in [4.69, 9.17) is 9.47 Å². The molecule has 2 aromatic rings. The Kier molecular flexibility index (Phi) is 3.70. The quantitative estimate of drug-likeness (QED) is 0.495. The highest BCUT2D eigenvalue weighted by atomic mass is 16.5. The van der Waals surface area contributed by atoms with Crippen molar-refractivity contribution in [2.75, 3.05) is 0 Å². The Morgan fingerprint density at radius 1 is 1.27 bits per heavy atom. The van der Waals surface area contributed by atoms with E-state index in [1.54, 1.807) is 55.7 Å². The number of carbonyl (C=O) groups excluding carboxylic acids is 2. The van der Waals surface area contributed by atoms with Crippen molar-refractivity contribution in [1.29, 1.82) is 0 Å². The summed E-state index contributed by atoms with van der Waals surface area (Å²) < 4.78 is 10.7. The van der Waals surface area contributed by atoms with Gasteiger partial charge >= 0.3 is 5.97 Å². The van der Waals surface area contributed by atoms with Crippen LogP contribution in [0.2, 0.25) is 0 Å². The van der Waals surface area contributed by atoms with Crippen LogP contribution >= 0.6 is 0 Å². The minimum absolute atomic E-state index is 0.194. The van der Waals surface area contributed by atoms with Crippen LogP contribution in [0.15, 0.2) is 48.5 Å². The van der Waals surface area contributed by atoms with Gasteiger partial charge in [-0.2, -0.15) is 0 Å². The third-order valence-corrected chi connectivity index (χ3v) is 3.17. The maximum atomic E-state index is 12.3. The van der Waals surface area contributed by atoms with Crippen molar-refractivity contribution in [3.05, 3.63) is 59.6 Å². The van der Waals surface area contributed by atoms with Gasteiger partial charge in [-0.05, 0) is 35.9 Å². The predicted molar refractivity (Wildman–Crippen MR) is 79.5 cm³/mol. The van der Waals surface area contributed by atoms with Crippen LogP contribution in [0.1, 0.15) is 29.3 Å². The Hall–Kier alpha value is -2.95. The van der Waals surface area contributed by atoms with E-state index in [1.165, 1.54) is 0 Å². The molecule has 0 unspecified atom stereocenters. The molecular formula is C17H13NO4. The van der Waals surface area contributed by atoms with E-state index in [0.29, 0.717) is 17.1 Å². The van der Waals surface area contributed by atoms with Crippen molar-refractivity contribution < 1.29 is 19.1 Å². The Balaban J connectivity index is 1.87. The Bertz CT molecular complexity index is 765. The first kappa shape index (κ1) is 14.0. The van der Waals surface area contributed by atoms with Gasteiger partial charge in [0.25, 0.3) is 0 Å². The zero-order valence-corrected chi connectivity index (χ0v) is 11.9. The highest BCUT2D eigenvalue weighted by Gasteiger charge is 2.27. The summed E-state index contributed by atoms with van der Waals surface area (Å²) in [5, 5.41) is 0. The first-order valence-corrected chi connectivity index (χ1v) is 6.86. The minimum atomic E-state index is -0.336. The number of Topliss-reactive ketones (excluding diaryl/α,β-unsaturated/α-hetero) is 1. The van der Waals surface area contributed by atoms with E-state index in [1.807, 2.05) is 0 Å². The van der Waals surface area contributed by atoms with Crippen LogP contribution in [0.25, 0.3) is 6.08 Å². The van der Waals surface area contributed by atoms with Crippen molar-refractivity contribution in [1.82, 2.24) is 4.98 Å². The molecular weight excluding hydrogens is 282 g/mol. The van der Waals surface area contributed by atoms with Crippen LogP contribution in [-0.4, -0.2) is 16.7 Å². The number of hydrogen-bond donors (Lipinski definition) is 0. The van der Waals surface area contributed by atoms with Gasteiger partial charge in [0.2, 0.25) is 5.78 Å². The van der Waals surface area contributed by atoms with Crippen LogP contribution in [0.5, 0.6) is 11.5 Å². The van der Waals surface area contributed by atoms with Crippen LogP contribution in [0.3, 0.4) is 0 Å². The molecule has 0 spiro atoms. The van der Waals surface area contributed by atoms with Crippen molar-refractivity contribution in [2.45, 2.75) is 13.3 Å². The van der Waals surface area contributed by atoms with E-state index in [-0.39, 0.29) is 23.9 Å². The fourth-order valence-corrected chi connectivity index (χ4v) is 2.05. The number of esters is 1. The Morgan fingerprint density at radius 3 is 2.77 bits per heavy atom. The van der Waals surface area contributed by atoms with Gasteiger partial charge in [-0.3, -0.25) is 14.6 Å². The van der Waals surface area contributed by atoms with E-state index < -0.39 is 0 Å². The van der Waals surface area contributed by atoms with Gasteiger partial charge < -0.3 is 9.47 Å². The van der Waals surface area contributed by atoms with E-state index in [0.717, 1.165) is 5.56 Å². The van der Waals surface area contributed by atoms with Gasteiger partial charge in [-0.15, -0.1) is 0 Å². The molecule has 5 nitrogen and oxygen atoms in total. The van der Waals surface area contributed by atoms with E-state index in [9.17, 15) is 9.59 Å². The van der Waals surface area contributed by atoms with E-state index in [2.05, 4.69) is 4.98 Å². The number of pyridine rings is 1. The average Bonchev–Trinajstić information content (AvgIpc) is 2.84. The molecule has 2 heterocycles. The first-order valence-electron chi connectivity index (χ1n) is 6.86. The highest BCUT2D eigenvalue weighted by molar-refractivity contribution is 6.14. The molecule has 0 aliphatic carbocycles. The number of ether oxygens (including phenoxy) is 2. The molecule has 1 aliphatic rings. The number of aromatic nitrogens is 1. The number of allylic oxidation sites excluding steroid dienone is 1. The van der Waals surface area contributed by atoms with Gasteiger partial charge in [-0.1, -0.05) is 6.92 Å². The molecule has 0 atom stereocenters. The number of fused-ring (bicyclic) bond motifs is 1. The molecule has 0 amide bonds. The number of hydrogen-bond acceptors (Lipinski definition) is 5. The maximum absolute atomic E-state index is 12.3. The summed E-state index contributed by atoms with van der Waals surface area (Å²) in [5.41, 5.74) is 1.28. The average molecular weight is 295 g/mol. The van der Waals surface area contributed by atoms with Crippen molar-refractivity contribution in [2.24, 2.45) is 0 Å². The lowest BCUT2D eigenvalue weighted by Gasteiger charge is -2.03. The molecule has 1 aliphatic heterocycles. The smallest absolute Gasteiger partial charge is 0.310 e. The molecule has 0 fully saturated rings. The van der Waals surface area contributed by atoms with Crippen LogP contribution in [0, 0.1) is 0 Å². The summed E-state index contributed by atoms with van der Waals surface area (Å²) in [7, 11) is 0. The summed E-state index contributed by atoms with van der Waals surface area (Å²) in [4.78, 5) is 27.5. The molecule has 5 heteroatoms. The third kappa shape index (κ3) is 2.74. The fraction of sp³-hybridized carbons (Fsp3) is 0.118. The lowest BCUT2D eigenvalue weighted by Crippen LogP contribution is -2.05. The van der Waals surface area contributed by atoms with Gasteiger partial charge in [0.1, 0.15) is 11.5 Å². The predicted octanol–water partition coefficient (Wildman–Crippen LogP) is 3.01. The Labute approximate surface area is 127 Å². The monoisotopic (exact) mass is 295 g/mol. The molecule has 3 rings (SSSR count). The number of ketones is 1. The lowest BCUT2D eigenvalue weighted by molar-refractivity contribution is -0.134. The number of rotatable bonds is 3. The molecule has 110 valence electrons. The Morgan fingerprint density at radius 2 is 2.05 bits per heavy atom. The number of carbonyl (C=O) groups is 2. The molecule has 0 N–H and O–H groups in total. The summed E-state index contributed by atoms with van der Waals surface area (Å²) in [6.45, 7) is 1.71. The second-order valence-corrected chi connectivity index (χ2v) is 4.71. The van der Waals surface area contributed by atoms with Crippen molar-refractivity contribution >= 4 is 17.8 Å². The topological polar surface area (TPSA) is 65.5 Å². The van der Waals surface area contributed by atoms with Crippen LogP contribution in [0.4, 0.5) is 0 Å². The molecule has 22 heavy (non-hydrogen) atoms. The first-order chi connectivity index (χ1) is 10.7. The summed E-state index contributed by atoms with van der Waals surface area (Å²) in [5.74, 6) is 0.465. The highest BCUT2D eigenvalue weighted by Crippen LogP contribution is 2.34.